The number of fused-ring (bicyclic) bond motifs is 2. The Morgan fingerprint density at radius 2 is 0.967 bits per heavy atom. The van der Waals surface area contributed by atoms with E-state index in [-0.39, 0.29) is 41.7 Å². The Morgan fingerprint density at radius 1 is 0.565 bits per heavy atom. The lowest BCUT2D eigenvalue weighted by Gasteiger charge is -2.32. The van der Waals surface area contributed by atoms with Crippen molar-refractivity contribution in [3.8, 4) is 11.1 Å². The molecule has 3 aliphatic rings. The Kier molecular flexibility index (Phi) is 33.3. The fourth-order valence-electron chi connectivity index (χ4n) is 8.52. The Bertz CT molecular complexity index is 3640. The maximum absolute atomic E-state index is 11.6. The van der Waals surface area contributed by atoms with E-state index in [1.165, 1.54) is 27.9 Å². The molecular weight excluding hydrogens is 1510 g/mol. The number of urea groups is 2. The average Bonchev–Trinajstić information content (AvgIpc) is 1.55. The van der Waals surface area contributed by atoms with E-state index in [2.05, 4.69) is 93.6 Å². The maximum Gasteiger partial charge on any atom is 0.496 e. The zero-order valence-electron chi connectivity index (χ0n) is 52.5. The molecule has 0 bridgehead atoms. The molecule has 0 saturated carbocycles. The van der Waals surface area contributed by atoms with Crippen LogP contribution >= 0.6 is 63.7 Å². The summed E-state index contributed by atoms with van der Waals surface area (Å²) in [6, 6.07) is 10.8. The van der Waals surface area contributed by atoms with E-state index in [0.717, 1.165) is 95.1 Å². The second-order valence-electron chi connectivity index (χ2n) is 22.4. The molecule has 92 heavy (non-hydrogen) atoms. The van der Waals surface area contributed by atoms with E-state index >= 15 is 0 Å². The summed E-state index contributed by atoms with van der Waals surface area (Å²) in [4.78, 5) is 51.0. The third-order valence-corrected chi connectivity index (χ3v) is 18.7. The van der Waals surface area contributed by atoms with E-state index in [9.17, 15) is 34.8 Å². The summed E-state index contributed by atoms with van der Waals surface area (Å²) < 4.78 is 90.3. The average molecular weight is 1590 g/mol. The number of anilines is 2. The highest BCUT2D eigenvalue weighted by atomic mass is 79.9. The van der Waals surface area contributed by atoms with Gasteiger partial charge in [0.25, 0.3) is 0 Å². The van der Waals surface area contributed by atoms with Gasteiger partial charge in [0.15, 0.2) is 0 Å². The number of aromatic nitrogens is 6. The number of ether oxygens (including phenoxy) is 2. The molecule has 6 N–H and O–H groups in total. The van der Waals surface area contributed by atoms with Gasteiger partial charge < -0.3 is 40.5 Å². The zero-order valence-corrected chi connectivity index (χ0v) is 61.3. The first-order valence-corrected chi connectivity index (χ1v) is 38.6. The molecule has 0 atom stereocenters. The van der Waals surface area contributed by atoms with Gasteiger partial charge in [-0.2, -0.15) is 0 Å². The molecule has 0 unspecified atom stereocenters. The number of aliphatic hydroxyl groups is 2. The number of pyridine rings is 6. The van der Waals surface area contributed by atoms with Crippen molar-refractivity contribution in [2.45, 2.75) is 109 Å². The predicted molar refractivity (Wildman–Crippen MR) is 372 cm³/mol. The van der Waals surface area contributed by atoms with Crippen LogP contribution < -0.4 is 26.7 Å². The SMILES string of the molecule is BrCc1cncc(Br)c1.CC1(C)OB(c2cnc3c(c2)CCCN3C(N)=O)OC1(C)C.CS(=O)(=O)CCCO.CS(=O)(=O)CCCOCc1cncc(-c2cnc3c(c2)CCCN3C(N)=O)c1.CS(=O)(=O)CCCOCc1cncc(Br)c1.OCc1cncc(Br)c1. The fourth-order valence-corrected chi connectivity index (χ4v) is 12.0. The lowest BCUT2D eigenvalue weighted by molar-refractivity contribution is 0.00578. The van der Waals surface area contributed by atoms with Crippen molar-refractivity contribution >= 4 is 130 Å². The topological polar surface area (TPSA) is 350 Å². The second-order valence-corrected chi connectivity index (χ2v) is 32.5. The molecule has 0 spiro atoms. The van der Waals surface area contributed by atoms with Crippen LogP contribution in [0, 0.1) is 0 Å². The second kappa shape index (κ2) is 38.5. The van der Waals surface area contributed by atoms with Gasteiger partial charge in [-0.15, -0.1) is 0 Å². The lowest BCUT2D eigenvalue weighted by Crippen LogP contribution is -2.41. The molecular formula is C60H81BBr4N10O14S3. The van der Waals surface area contributed by atoms with Crippen molar-refractivity contribution in [3.05, 3.63) is 145 Å². The molecule has 6 aromatic rings. The minimum absolute atomic E-state index is 0.0481. The number of sulfone groups is 3. The van der Waals surface area contributed by atoms with Gasteiger partial charge in [-0.3, -0.25) is 29.7 Å². The van der Waals surface area contributed by atoms with Gasteiger partial charge >= 0.3 is 19.2 Å². The number of rotatable bonds is 19. The first-order valence-electron chi connectivity index (χ1n) is 28.9. The van der Waals surface area contributed by atoms with E-state index in [1.54, 1.807) is 55.8 Å². The first-order chi connectivity index (χ1) is 43.2. The number of nitrogens with two attached hydrogens (primary N) is 2. The summed E-state index contributed by atoms with van der Waals surface area (Å²) >= 11 is 13.2. The van der Waals surface area contributed by atoms with Gasteiger partial charge in [0.05, 0.1) is 48.3 Å². The number of carbonyl (C=O) groups is 2. The van der Waals surface area contributed by atoms with Crippen molar-refractivity contribution in [1.29, 1.82) is 0 Å². The molecule has 6 aromatic heterocycles. The van der Waals surface area contributed by atoms with E-state index < -0.39 is 48.7 Å². The van der Waals surface area contributed by atoms with E-state index in [1.807, 2.05) is 70.3 Å². The summed E-state index contributed by atoms with van der Waals surface area (Å²) in [6.07, 6.45) is 25.6. The molecule has 0 aliphatic carbocycles. The quantitative estimate of drug-likeness (QED) is 0.0336. The Labute approximate surface area is 574 Å². The van der Waals surface area contributed by atoms with Gasteiger partial charge in [-0.1, -0.05) is 22.0 Å². The number of alkyl halides is 1. The molecule has 3 aliphatic heterocycles. The van der Waals surface area contributed by atoms with Gasteiger partial charge in [0.1, 0.15) is 41.1 Å². The van der Waals surface area contributed by atoms with Gasteiger partial charge in [-0.05, 0) is 184 Å². The van der Waals surface area contributed by atoms with Crippen LogP contribution in [0.1, 0.15) is 93.2 Å². The van der Waals surface area contributed by atoms with Crippen LogP contribution in [0.3, 0.4) is 0 Å². The Morgan fingerprint density at radius 3 is 1.38 bits per heavy atom. The van der Waals surface area contributed by atoms with E-state index in [0.29, 0.717) is 70.4 Å². The summed E-state index contributed by atoms with van der Waals surface area (Å²) in [5.74, 6) is 1.65. The van der Waals surface area contributed by atoms with Gasteiger partial charge in [0.2, 0.25) is 0 Å². The Hall–Kier alpha value is -4.97. The summed E-state index contributed by atoms with van der Waals surface area (Å²) in [5.41, 5.74) is 18.7. The number of aryl methyl sites for hydroxylation is 2. The van der Waals surface area contributed by atoms with Crippen molar-refractivity contribution in [2.75, 3.05) is 78.7 Å². The monoisotopic (exact) mass is 1590 g/mol. The number of carbonyl (C=O) groups excluding carboxylic acids is 2. The third kappa shape index (κ3) is 29.4. The summed E-state index contributed by atoms with van der Waals surface area (Å²) in [6.45, 7) is 10.9. The van der Waals surface area contributed by atoms with Gasteiger partial charge in [-0.25, -0.2) is 44.8 Å². The summed E-state index contributed by atoms with van der Waals surface area (Å²) in [7, 11) is -9.12. The first kappa shape index (κ1) is 79.5. The molecule has 9 heterocycles. The van der Waals surface area contributed by atoms with Crippen molar-refractivity contribution in [1.82, 2.24) is 29.9 Å². The number of aliphatic hydroxyl groups excluding tert-OH is 2. The smallest absolute Gasteiger partial charge is 0.399 e. The molecule has 1 saturated heterocycles. The molecule has 32 heteroatoms. The minimum atomic E-state index is -2.96. The maximum atomic E-state index is 11.6. The van der Waals surface area contributed by atoms with Crippen LogP contribution in [0.5, 0.6) is 0 Å². The highest BCUT2D eigenvalue weighted by molar-refractivity contribution is 9.11. The van der Waals surface area contributed by atoms with Crippen molar-refractivity contribution < 1.29 is 63.8 Å². The highest BCUT2D eigenvalue weighted by Crippen LogP contribution is 2.37. The third-order valence-electron chi connectivity index (χ3n) is 13.7. The van der Waals surface area contributed by atoms with Crippen LogP contribution in [-0.2, 0) is 86.3 Å². The molecule has 4 amide bonds. The number of hydrogen-bond acceptors (Lipinski definition) is 20. The summed E-state index contributed by atoms with van der Waals surface area (Å²) in [5, 5.41) is 17.6. The molecule has 1 fully saturated rings. The highest BCUT2D eigenvalue weighted by Gasteiger charge is 2.52. The standard InChI is InChI=1S/C19H24N4O4S.C15H22BN3O3.C10H14BrNO3S.C6H5Br2N.C6H6BrNO.C4H10O3S/c1-28(25,26)7-3-6-27-13-14-8-16(11-21-10-14)17-9-15-4-2-5-23(19(20)24)18(15)22-12-17;1-14(2)15(3,4)22-16(21-14)11-8-10-6-5-7-19(13(17)20)12(10)18-9-11;1-16(13,14)4-2-3-15-8-9-5-10(11)7-12-6-9;7-2-5-1-6(8)4-9-3-5;7-6-1-5(4-9)2-8-3-6;1-8(6,7)4-2-3-5/h8-12H,2-7,13H2,1H3,(H2,20,24);8-9H,5-7H2,1-4H3,(H2,17,20);5-7H,2-4,8H2,1H3;1,3-4H,2H2;1-3,9H,4H2;5H,2-4H2,1H3. The van der Waals surface area contributed by atoms with Crippen LogP contribution in [-0.4, -0.2) is 165 Å². The van der Waals surface area contributed by atoms with Crippen molar-refractivity contribution in [3.63, 3.8) is 0 Å². The number of nitrogens with zero attached hydrogens (tertiary/aromatic N) is 8. The predicted octanol–water partition coefficient (Wildman–Crippen LogP) is 8.42. The molecule has 24 nitrogen and oxygen atoms in total. The van der Waals surface area contributed by atoms with E-state index in [4.69, 9.17) is 40.5 Å². The number of hydrogen-bond donors (Lipinski definition) is 4. The normalized spacial score (nSPS) is 14.6. The van der Waals surface area contributed by atoms with Crippen LogP contribution in [0.25, 0.3) is 11.1 Å². The number of halogens is 4. The van der Waals surface area contributed by atoms with Crippen LogP contribution in [0.4, 0.5) is 21.2 Å². The number of primary amides is 2. The van der Waals surface area contributed by atoms with Crippen molar-refractivity contribution in [2.24, 2.45) is 11.5 Å². The molecule has 504 valence electrons. The largest absolute Gasteiger partial charge is 0.496 e. The number of amides is 4. The Balaban J connectivity index is 0.000000251. The van der Waals surface area contributed by atoms with Gasteiger partial charge in [0, 0.05) is 149 Å². The minimum Gasteiger partial charge on any atom is -0.399 e. The lowest BCUT2D eigenvalue weighted by atomic mass is 9.79. The molecule has 9 rings (SSSR count). The van der Waals surface area contributed by atoms with Crippen LogP contribution in [0.15, 0.2) is 112 Å². The molecule has 0 aromatic carbocycles. The van der Waals surface area contributed by atoms with Crippen LogP contribution in [0.2, 0.25) is 0 Å². The molecule has 0 radical (unpaired) electrons. The fraction of sp³-hybridized carbons (Fsp3) is 0.467. The zero-order chi connectivity index (χ0) is 68.3.